The molecule has 1 atom stereocenters. The Balaban J connectivity index is 2.82. The molecule has 1 N–H and O–H groups in total. The normalized spacial score (nSPS) is 12.5. The van der Waals surface area contributed by atoms with Crippen molar-refractivity contribution in [3.05, 3.63) is 23.2 Å². The van der Waals surface area contributed by atoms with Gasteiger partial charge in [0.25, 0.3) is 0 Å². The van der Waals surface area contributed by atoms with Gasteiger partial charge in [0.05, 0.1) is 24.1 Å². The third kappa shape index (κ3) is 7.03. The number of halogens is 1. The smallest absolute Gasteiger partial charge is 0.240 e. The van der Waals surface area contributed by atoms with Crippen LogP contribution in [0.2, 0.25) is 5.02 Å². The molecule has 8 heteroatoms. The molecule has 148 valence electrons. The van der Waals surface area contributed by atoms with Crippen molar-refractivity contribution in [1.82, 2.24) is 5.32 Å². The third-order valence-electron chi connectivity index (χ3n) is 4.24. The summed E-state index contributed by atoms with van der Waals surface area (Å²) in [5, 5.41) is 3.13. The second-order valence-electron chi connectivity index (χ2n) is 6.31. The molecule has 0 heterocycles. The zero-order valence-corrected chi connectivity index (χ0v) is 17.5. The average Bonchev–Trinajstić information content (AvgIpc) is 2.58. The molecule has 6 nitrogen and oxygen atoms in total. The first-order valence-electron chi connectivity index (χ1n) is 8.80. The van der Waals surface area contributed by atoms with Crippen molar-refractivity contribution < 1.29 is 17.9 Å². The second kappa shape index (κ2) is 10.6. The van der Waals surface area contributed by atoms with Crippen LogP contribution in [0, 0.1) is 5.92 Å². The molecule has 0 aliphatic rings. The zero-order chi connectivity index (χ0) is 19.7. The minimum absolute atomic E-state index is 0.282. The Morgan fingerprint density at radius 1 is 1.35 bits per heavy atom. The molecule has 0 saturated heterocycles. The molecule has 0 aliphatic heterocycles. The van der Waals surface area contributed by atoms with Gasteiger partial charge in [-0.1, -0.05) is 44.7 Å². The standard InChI is InChI=1S/C18H29ClN2O4S/c1-5-7-8-14(6-2)12-20-18(22)13-21(26(4,23)24)15-9-10-17(25-3)16(19)11-15/h9-11,14H,5-8,12-13H2,1-4H3,(H,20,22)/t14-/m0/s1. The van der Waals surface area contributed by atoms with E-state index in [9.17, 15) is 13.2 Å². The van der Waals surface area contributed by atoms with Gasteiger partial charge in [-0.05, 0) is 30.5 Å². The Labute approximate surface area is 161 Å². The number of benzene rings is 1. The van der Waals surface area contributed by atoms with Gasteiger partial charge < -0.3 is 10.1 Å². The number of anilines is 1. The number of carbonyl (C=O) groups excluding carboxylic acids is 1. The number of rotatable bonds is 11. The Morgan fingerprint density at radius 3 is 2.54 bits per heavy atom. The van der Waals surface area contributed by atoms with Crippen LogP contribution in [0.1, 0.15) is 39.5 Å². The maximum Gasteiger partial charge on any atom is 0.240 e. The van der Waals surface area contributed by atoms with Crippen molar-refractivity contribution in [1.29, 1.82) is 0 Å². The maximum atomic E-state index is 12.3. The van der Waals surface area contributed by atoms with Crippen LogP contribution in [0.4, 0.5) is 5.69 Å². The first-order chi connectivity index (χ1) is 12.2. The Morgan fingerprint density at radius 2 is 2.04 bits per heavy atom. The molecule has 0 fully saturated rings. The summed E-state index contributed by atoms with van der Waals surface area (Å²) in [6, 6.07) is 4.62. The highest BCUT2D eigenvalue weighted by Crippen LogP contribution is 2.30. The minimum Gasteiger partial charge on any atom is -0.495 e. The van der Waals surface area contributed by atoms with Crippen LogP contribution in [0.25, 0.3) is 0 Å². The summed E-state index contributed by atoms with van der Waals surface area (Å²) in [5.41, 5.74) is 0.325. The van der Waals surface area contributed by atoms with E-state index >= 15 is 0 Å². The summed E-state index contributed by atoms with van der Waals surface area (Å²) in [4.78, 5) is 12.3. The van der Waals surface area contributed by atoms with Crippen molar-refractivity contribution in [3.63, 3.8) is 0 Å². The van der Waals surface area contributed by atoms with E-state index in [1.165, 1.54) is 13.2 Å². The van der Waals surface area contributed by atoms with Crippen molar-refractivity contribution in [2.24, 2.45) is 5.92 Å². The number of methoxy groups -OCH3 is 1. The topological polar surface area (TPSA) is 75.7 Å². The fraction of sp³-hybridized carbons (Fsp3) is 0.611. The number of carbonyl (C=O) groups is 1. The first-order valence-corrected chi connectivity index (χ1v) is 11.0. The Kier molecular flexibility index (Phi) is 9.22. The summed E-state index contributed by atoms with van der Waals surface area (Å²) in [6.45, 7) is 4.49. The molecule has 0 unspecified atom stereocenters. The van der Waals surface area contributed by atoms with Gasteiger partial charge in [-0.3, -0.25) is 9.10 Å². The SMILES string of the molecule is CCCC[C@H](CC)CNC(=O)CN(c1ccc(OC)c(Cl)c1)S(C)(=O)=O. The lowest BCUT2D eigenvalue weighted by atomic mass is 9.99. The average molecular weight is 405 g/mol. The summed E-state index contributed by atoms with van der Waals surface area (Å²) in [7, 11) is -2.16. The lowest BCUT2D eigenvalue weighted by Gasteiger charge is -2.23. The minimum atomic E-state index is -3.63. The van der Waals surface area contributed by atoms with Gasteiger partial charge in [0.1, 0.15) is 12.3 Å². The highest BCUT2D eigenvalue weighted by atomic mass is 35.5. The van der Waals surface area contributed by atoms with E-state index in [2.05, 4.69) is 19.2 Å². The molecular formula is C18H29ClN2O4S. The molecule has 26 heavy (non-hydrogen) atoms. The fourth-order valence-electron chi connectivity index (χ4n) is 2.60. The molecule has 1 amide bonds. The molecule has 0 aromatic heterocycles. The van der Waals surface area contributed by atoms with Crippen molar-refractivity contribution in [2.75, 3.05) is 30.8 Å². The van der Waals surface area contributed by atoms with Crippen LogP contribution in [0.3, 0.4) is 0 Å². The molecule has 1 aromatic carbocycles. The first kappa shape index (κ1) is 22.6. The van der Waals surface area contributed by atoms with Gasteiger partial charge >= 0.3 is 0 Å². The molecule has 1 aromatic rings. The summed E-state index contributed by atoms with van der Waals surface area (Å²) in [6.07, 6.45) is 5.33. The molecule has 0 radical (unpaired) electrons. The molecule has 0 saturated carbocycles. The third-order valence-corrected chi connectivity index (χ3v) is 5.68. The van der Waals surface area contributed by atoms with Gasteiger partial charge in [-0.25, -0.2) is 8.42 Å². The Hall–Kier alpha value is -1.47. The van der Waals surface area contributed by atoms with Crippen LogP contribution in [0.5, 0.6) is 5.75 Å². The monoisotopic (exact) mass is 404 g/mol. The number of sulfonamides is 1. The van der Waals surface area contributed by atoms with E-state index in [4.69, 9.17) is 16.3 Å². The number of amides is 1. The van der Waals surface area contributed by atoms with Gasteiger partial charge in [-0.15, -0.1) is 0 Å². The van der Waals surface area contributed by atoms with E-state index in [1.807, 2.05) is 0 Å². The second-order valence-corrected chi connectivity index (χ2v) is 8.62. The number of hydrogen-bond acceptors (Lipinski definition) is 4. The van der Waals surface area contributed by atoms with Gasteiger partial charge in [0.15, 0.2) is 0 Å². The Bertz CT molecular complexity index is 694. The molecule has 1 rings (SSSR count). The maximum absolute atomic E-state index is 12.3. The van der Waals surface area contributed by atoms with E-state index in [0.717, 1.165) is 36.2 Å². The molecule has 0 spiro atoms. The quantitative estimate of drug-likeness (QED) is 0.612. The number of unbranched alkanes of at least 4 members (excludes halogenated alkanes) is 1. The predicted octanol–water partition coefficient (Wildman–Crippen LogP) is 3.45. The van der Waals surface area contributed by atoms with Crippen molar-refractivity contribution >= 4 is 33.2 Å². The number of hydrogen-bond donors (Lipinski definition) is 1. The van der Waals surface area contributed by atoms with Crippen molar-refractivity contribution in [2.45, 2.75) is 39.5 Å². The van der Waals surface area contributed by atoms with Crippen LogP contribution < -0.4 is 14.4 Å². The highest BCUT2D eigenvalue weighted by Gasteiger charge is 2.22. The lowest BCUT2D eigenvalue weighted by Crippen LogP contribution is -2.41. The van der Waals surface area contributed by atoms with Crippen LogP contribution in [-0.2, 0) is 14.8 Å². The van der Waals surface area contributed by atoms with Crippen LogP contribution in [0.15, 0.2) is 18.2 Å². The van der Waals surface area contributed by atoms with Gasteiger partial charge in [0.2, 0.25) is 15.9 Å². The zero-order valence-electron chi connectivity index (χ0n) is 15.9. The summed E-state index contributed by atoms with van der Waals surface area (Å²) in [5.74, 6) is 0.508. The van der Waals surface area contributed by atoms with Crippen LogP contribution in [-0.4, -0.2) is 40.8 Å². The molecular weight excluding hydrogens is 376 g/mol. The van der Waals surface area contributed by atoms with Gasteiger partial charge in [-0.2, -0.15) is 0 Å². The van der Waals surface area contributed by atoms with Crippen molar-refractivity contribution in [3.8, 4) is 5.75 Å². The highest BCUT2D eigenvalue weighted by molar-refractivity contribution is 7.92. The van der Waals surface area contributed by atoms with E-state index in [-0.39, 0.29) is 17.5 Å². The van der Waals surface area contributed by atoms with E-state index in [0.29, 0.717) is 23.9 Å². The number of nitrogens with zero attached hydrogens (tertiary/aromatic N) is 1. The number of nitrogens with one attached hydrogen (secondary N) is 1. The predicted molar refractivity (Wildman–Crippen MR) is 107 cm³/mol. The lowest BCUT2D eigenvalue weighted by molar-refractivity contribution is -0.119. The molecule has 0 aliphatic carbocycles. The molecule has 0 bridgehead atoms. The van der Waals surface area contributed by atoms with E-state index < -0.39 is 10.0 Å². The van der Waals surface area contributed by atoms with E-state index in [1.54, 1.807) is 12.1 Å². The largest absolute Gasteiger partial charge is 0.495 e. The summed E-state index contributed by atoms with van der Waals surface area (Å²) >= 11 is 6.08. The fourth-order valence-corrected chi connectivity index (χ4v) is 3.70. The number of ether oxygens (including phenoxy) is 1. The summed E-state index contributed by atoms with van der Waals surface area (Å²) < 4.78 is 30.4. The van der Waals surface area contributed by atoms with Gasteiger partial charge in [0, 0.05) is 6.54 Å². The van der Waals surface area contributed by atoms with Crippen LogP contribution >= 0.6 is 11.6 Å².